The second kappa shape index (κ2) is 2.90. The average Bonchev–Trinajstić information content (AvgIpc) is 2.17. The van der Waals surface area contributed by atoms with Crippen LogP contribution in [-0.4, -0.2) is 17.3 Å². The van der Waals surface area contributed by atoms with E-state index in [9.17, 15) is 0 Å². The normalized spacial score (nSPS) is 10.2. The van der Waals surface area contributed by atoms with Crippen molar-refractivity contribution in [3.63, 3.8) is 0 Å². The van der Waals surface area contributed by atoms with E-state index in [4.69, 9.17) is 10.5 Å². The summed E-state index contributed by atoms with van der Waals surface area (Å²) in [6.45, 7) is 0. The molecule has 2 N–H and O–H groups in total. The molecule has 4 nitrogen and oxygen atoms in total. The molecule has 0 unspecified atom stereocenters. The van der Waals surface area contributed by atoms with E-state index < -0.39 is 0 Å². The van der Waals surface area contributed by atoms with Gasteiger partial charge in [0.2, 0.25) is 0 Å². The number of hydrogen-bond donors (Lipinski definition) is 1. The molecule has 1 heterocycles. The van der Waals surface area contributed by atoms with Crippen LogP contribution >= 0.6 is 0 Å². The molecule has 1 aromatic carbocycles. The summed E-state index contributed by atoms with van der Waals surface area (Å²) < 4.78 is 5.12. The third-order valence-corrected chi connectivity index (χ3v) is 1.85. The van der Waals surface area contributed by atoms with Crippen LogP contribution in [0, 0.1) is 0 Å². The van der Waals surface area contributed by atoms with Crippen molar-refractivity contribution in [1.29, 1.82) is 0 Å². The second-order valence-corrected chi connectivity index (χ2v) is 2.69. The van der Waals surface area contributed by atoms with Crippen molar-refractivity contribution in [3.8, 4) is 5.75 Å². The van der Waals surface area contributed by atoms with E-state index in [0.717, 1.165) is 10.9 Å². The summed E-state index contributed by atoms with van der Waals surface area (Å²) in [5.74, 6) is 0.692. The van der Waals surface area contributed by atoms with Crippen LogP contribution in [0.2, 0.25) is 0 Å². The molecule has 0 saturated heterocycles. The number of benzene rings is 1. The summed E-state index contributed by atoms with van der Waals surface area (Å²) in [6, 6.07) is 5.43. The smallest absolute Gasteiger partial charge is 0.148 e. The Kier molecular flexibility index (Phi) is 1.73. The standard InChI is InChI=1S/C9H9N3O/c1-13-9-5-11-12-8-3-2-6(10)4-7(8)9/h2-5H,10H2,1H3. The zero-order valence-corrected chi connectivity index (χ0v) is 7.19. The van der Waals surface area contributed by atoms with Crippen molar-refractivity contribution in [2.75, 3.05) is 12.8 Å². The molecule has 2 aromatic rings. The summed E-state index contributed by atoms with van der Waals surface area (Å²) in [5, 5.41) is 8.63. The van der Waals surface area contributed by atoms with Gasteiger partial charge in [0.25, 0.3) is 0 Å². The highest BCUT2D eigenvalue weighted by Gasteiger charge is 2.02. The molecular formula is C9H9N3O. The highest BCUT2D eigenvalue weighted by molar-refractivity contribution is 5.86. The van der Waals surface area contributed by atoms with Crippen LogP contribution < -0.4 is 10.5 Å². The number of methoxy groups -OCH3 is 1. The first-order valence-electron chi connectivity index (χ1n) is 3.86. The first-order valence-corrected chi connectivity index (χ1v) is 3.86. The predicted molar refractivity (Wildman–Crippen MR) is 50.5 cm³/mol. The topological polar surface area (TPSA) is 61.0 Å². The highest BCUT2D eigenvalue weighted by Crippen LogP contribution is 2.23. The van der Waals surface area contributed by atoms with Crippen molar-refractivity contribution in [2.24, 2.45) is 0 Å². The fourth-order valence-corrected chi connectivity index (χ4v) is 1.21. The molecule has 0 atom stereocenters. The largest absolute Gasteiger partial charge is 0.494 e. The minimum absolute atomic E-state index is 0.692. The predicted octanol–water partition coefficient (Wildman–Crippen LogP) is 1.22. The molecule has 0 bridgehead atoms. The molecule has 2 rings (SSSR count). The van der Waals surface area contributed by atoms with Gasteiger partial charge in [0.05, 0.1) is 18.8 Å². The zero-order chi connectivity index (χ0) is 9.26. The van der Waals surface area contributed by atoms with Gasteiger partial charge in [0.1, 0.15) is 5.75 Å². The number of aromatic nitrogens is 2. The van der Waals surface area contributed by atoms with Gasteiger partial charge in [-0.2, -0.15) is 10.2 Å². The average molecular weight is 175 g/mol. The lowest BCUT2D eigenvalue weighted by molar-refractivity contribution is 0.417. The van der Waals surface area contributed by atoms with E-state index in [1.807, 2.05) is 12.1 Å². The maximum atomic E-state index is 5.64. The lowest BCUT2D eigenvalue weighted by atomic mass is 10.2. The molecule has 0 fully saturated rings. The molecule has 0 aliphatic carbocycles. The molecule has 0 aliphatic rings. The summed E-state index contributed by atoms with van der Waals surface area (Å²) in [4.78, 5) is 0. The molecule has 1 aromatic heterocycles. The van der Waals surface area contributed by atoms with Crippen LogP contribution in [-0.2, 0) is 0 Å². The van der Waals surface area contributed by atoms with E-state index in [-0.39, 0.29) is 0 Å². The second-order valence-electron chi connectivity index (χ2n) is 2.69. The van der Waals surface area contributed by atoms with Crippen molar-refractivity contribution < 1.29 is 4.74 Å². The van der Waals surface area contributed by atoms with Crippen molar-refractivity contribution in [1.82, 2.24) is 10.2 Å². The number of fused-ring (bicyclic) bond motifs is 1. The molecule has 0 radical (unpaired) electrons. The fourth-order valence-electron chi connectivity index (χ4n) is 1.21. The summed E-state index contributed by atoms with van der Waals surface area (Å²) in [7, 11) is 1.60. The van der Waals surface area contributed by atoms with Crippen molar-refractivity contribution in [2.45, 2.75) is 0 Å². The van der Waals surface area contributed by atoms with Gasteiger partial charge in [0.15, 0.2) is 0 Å². The highest BCUT2D eigenvalue weighted by atomic mass is 16.5. The van der Waals surface area contributed by atoms with Crippen LogP contribution in [0.5, 0.6) is 5.75 Å². The Bertz CT molecular complexity index is 442. The first kappa shape index (κ1) is 7.79. The van der Waals surface area contributed by atoms with Gasteiger partial charge in [-0.1, -0.05) is 0 Å². The maximum absolute atomic E-state index is 5.64. The van der Waals surface area contributed by atoms with Crippen LogP contribution in [0.1, 0.15) is 0 Å². The number of nitrogens with two attached hydrogens (primary N) is 1. The number of rotatable bonds is 1. The van der Waals surface area contributed by atoms with Gasteiger partial charge in [-0.15, -0.1) is 0 Å². The fraction of sp³-hybridized carbons (Fsp3) is 0.111. The van der Waals surface area contributed by atoms with E-state index in [2.05, 4.69) is 10.2 Å². The van der Waals surface area contributed by atoms with Crippen LogP contribution in [0.4, 0.5) is 5.69 Å². The van der Waals surface area contributed by atoms with E-state index in [0.29, 0.717) is 11.4 Å². The lowest BCUT2D eigenvalue weighted by Gasteiger charge is -2.03. The molecule has 0 aliphatic heterocycles. The quantitative estimate of drug-likeness (QED) is 0.662. The Morgan fingerprint density at radius 1 is 1.38 bits per heavy atom. The van der Waals surface area contributed by atoms with Gasteiger partial charge in [-0.25, -0.2) is 0 Å². The van der Waals surface area contributed by atoms with Gasteiger partial charge >= 0.3 is 0 Å². The Balaban J connectivity index is 2.79. The first-order chi connectivity index (χ1) is 6.31. The Labute approximate surface area is 75.3 Å². The monoisotopic (exact) mass is 175 g/mol. The van der Waals surface area contributed by atoms with E-state index >= 15 is 0 Å². The van der Waals surface area contributed by atoms with Gasteiger partial charge in [0, 0.05) is 11.1 Å². The number of anilines is 1. The van der Waals surface area contributed by atoms with Gasteiger partial charge in [-0.05, 0) is 18.2 Å². The third kappa shape index (κ3) is 1.26. The Morgan fingerprint density at radius 2 is 2.23 bits per heavy atom. The lowest BCUT2D eigenvalue weighted by Crippen LogP contribution is -1.91. The van der Waals surface area contributed by atoms with Crippen molar-refractivity contribution >= 4 is 16.6 Å². The molecule has 13 heavy (non-hydrogen) atoms. The number of nitrogens with zero attached hydrogens (tertiary/aromatic N) is 2. The van der Waals surface area contributed by atoms with Crippen molar-refractivity contribution in [3.05, 3.63) is 24.4 Å². The van der Waals surface area contributed by atoms with E-state index in [1.54, 1.807) is 19.4 Å². The summed E-state index contributed by atoms with van der Waals surface area (Å²) in [5.41, 5.74) is 7.12. The summed E-state index contributed by atoms with van der Waals surface area (Å²) >= 11 is 0. The molecule has 4 heteroatoms. The maximum Gasteiger partial charge on any atom is 0.148 e. The minimum atomic E-state index is 0.692. The number of nitrogen functional groups attached to an aromatic ring is 1. The zero-order valence-electron chi connectivity index (χ0n) is 7.19. The molecule has 0 spiro atoms. The van der Waals surface area contributed by atoms with Crippen LogP contribution in [0.15, 0.2) is 24.4 Å². The van der Waals surface area contributed by atoms with Gasteiger partial charge < -0.3 is 10.5 Å². The number of hydrogen-bond acceptors (Lipinski definition) is 4. The van der Waals surface area contributed by atoms with Crippen LogP contribution in [0.25, 0.3) is 10.9 Å². The van der Waals surface area contributed by atoms with Crippen LogP contribution in [0.3, 0.4) is 0 Å². The third-order valence-electron chi connectivity index (χ3n) is 1.85. The van der Waals surface area contributed by atoms with Gasteiger partial charge in [-0.3, -0.25) is 0 Å². The minimum Gasteiger partial charge on any atom is -0.494 e. The van der Waals surface area contributed by atoms with E-state index in [1.165, 1.54) is 0 Å². The Hall–Kier alpha value is -1.84. The summed E-state index contributed by atoms with van der Waals surface area (Å²) in [6.07, 6.45) is 1.57. The molecule has 0 saturated carbocycles. The number of ether oxygens (including phenoxy) is 1. The molecule has 66 valence electrons. The Morgan fingerprint density at radius 3 is 3.00 bits per heavy atom. The molecule has 0 amide bonds. The molecular weight excluding hydrogens is 166 g/mol. The SMILES string of the molecule is COc1cnnc2ccc(N)cc12.